The number of carbonyl (C=O) groups is 3. The van der Waals surface area contributed by atoms with E-state index in [9.17, 15) is 14.4 Å². The molecule has 0 fully saturated rings. The molecule has 1 atom stereocenters. The predicted molar refractivity (Wildman–Crippen MR) is 116 cm³/mol. The molecule has 3 aromatic rings. The fraction of sp³-hybridized carbons (Fsp3) is 0.160. The Bertz CT molecular complexity index is 1070. The van der Waals surface area contributed by atoms with Crippen LogP contribution in [0.15, 0.2) is 72.8 Å². The number of nitrogens with one attached hydrogen (secondary N) is 1. The number of anilines is 1. The van der Waals surface area contributed by atoms with Gasteiger partial charge in [0, 0.05) is 22.4 Å². The third kappa shape index (κ3) is 5.20. The van der Waals surface area contributed by atoms with Crippen LogP contribution in [0.3, 0.4) is 0 Å². The smallest absolute Gasteiger partial charge is 0.255 e. The molecule has 0 bridgehead atoms. The number of hydrogen-bond acceptors (Lipinski definition) is 4. The second-order valence-corrected chi connectivity index (χ2v) is 7.05. The van der Waals surface area contributed by atoms with Crippen LogP contribution in [0.2, 0.25) is 0 Å². The topological polar surface area (TPSA) is 72.5 Å². The van der Waals surface area contributed by atoms with Gasteiger partial charge in [-0.2, -0.15) is 0 Å². The zero-order valence-corrected chi connectivity index (χ0v) is 17.1. The van der Waals surface area contributed by atoms with Crippen LogP contribution in [-0.2, 0) is 0 Å². The van der Waals surface area contributed by atoms with Crippen LogP contribution in [0.5, 0.6) is 5.75 Å². The normalized spacial score (nSPS) is 11.4. The molecule has 5 nitrogen and oxygen atoms in total. The number of ketones is 2. The first kappa shape index (κ1) is 21.0. The monoisotopic (exact) mass is 401 g/mol. The number of rotatable bonds is 7. The molecule has 0 heterocycles. The maximum Gasteiger partial charge on any atom is 0.255 e. The van der Waals surface area contributed by atoms with Gasteiger partial charge in [-0.15, -0.1) is 0 Å². The van der Waals surface area contributed by atoms with Gasteiger partial charge < -0.3 is 10.1 Å². The highest BCUT2D eigenvalue weighted by atomic mass is 16.5. The van der Waals surface area contributed by atoms with E-state index in [0.29, 0.717) is 28.1 Å². The number of amides is 1. The summed E-state index contributed by atoms with van der Waals surface area (Å²) in [5.41, 5.74) is 3.24. The van der Waals surface area contributed by atoms with Crippen molar-refractivity contribution in [2.45, 2.75) is 26.9 Å². The van der Waals surface area contributed by atoms with E-state index in [1.807, 2.05) is 19.1 Å². The fourth-order valence-electron chi connectivity index (χ4n) is 2.96. The van der Waals surface area contributed by atoms with Crippen molar-refractivity contribution in [1.29, 1.82) is 0 Å². The summed E-state index contributed by atoms with van der Waals surface area (Å²) in [6.07, 6.45) is -0.247. The quantitative estimate of drug-likeness (QED) is 0.532. The highest BCUT2D eigenvalue weighted by molar-refractivity contribution is 6.04. The number of Topliss-reactive ketones (excluding diaryl/α,β-unsaturated/α-hetero) is 2. The summed E-state index contributed by atoms with van der Waals surface area (Å²) >= 11 is 0. The Labute approximate surface area is 175 Å². The van der Waals surface area contributed by atoms with Crippen LogP contribution in [0.25, 0.3) is 0 Å². The Kier molecular flexibility index (Phi) is 6.42. The van der Waals surface area contributed by atoms with Crippen LogP contribution in [0.1, 0.15) is 63.5 Å². The van der Waals surface area contributed by atoms with Crippen molar-refractivity contribution in [3.63, 3.8) is 0 Å². The summed E-state index contributed by atoms with van der Waals surface area (Å²) in [5.74, 6) is 0.291. The summed E-state index contributed by atoms with van der Waals surface area (Å²) in [6.45, 7) is 4.94. The highest BCUT2D eigenvalue weighted by Crippen LogP contribution is 2.23. The third-order valence-electron chi connectivity index (χ3n) is 4.75. The first-order valence-electron chi connectivity index (χ1n) is 9.63. The van der Waals surface area contributed by atoms with Crippen molar-refractivity contribution in [3.05, 3.63) is 95.1 Å². The second kappa shape index (κ2) is 9.18. The lowest BCUT2D eigenvalue weighted by atomic mass is 10.1. The van der Waals surface area contributed by atoms with Gasteiger partial charge in [0.2, 0.25) is 0 Å². The molecule has 1 N–H and O–H groups in total. The lowest BCUT2D eigenvalue weighted by Gasteiger charge is -2.16. The molecule has 0 radical (unpaired) electrons. The molecule has 30 heavy (non-hydrogen) atoms. The maximum atomic E-state index is 12.6. The Hall–Kier alpha value is -3.73. The number of benzene rings is 3. The van der Waals surface area contributed by atoms with Crippen molar-refractivity contribution < 1.29 is 19.1 Å². The van der Waals surface area contributed by atoms with Crippen molar-refractivity contribution in [1.82, 2.24) is 0 Å². The Morgan fingerprint density at radius 1 is 0.767 bits per heavy atom. The molecule has 0 unspecified atom stereocenters. The third-order valence-corrected chi connectivity index (χ3v) is 4.75. The molecule has 0 saturated heterocycles. The molecule has 3 rings (SSSR count). The first-order valence-corrected chi connectivity index (χ1v) is 9.63. The zero-order chi connectivity index (χ0) is 21.7. The minimum Gasteiger partial charge on any atom is -0.486 e. The fourth-order valence-corrected chi connectivity index (χ4v) is 2.96. The average Bonchev–Trinajstić information content (AvgIpc) is 2.74. The van der Waals surface area contributed by atoms with Gasteiger partial charge >= 0.3 is 0 Å². The Morgan fingerprint density at radius 2 is 1.33 bits per heavy atom. The maximum absolute atomic E-state index is 12.6. The summed E-state index contributed by atoms with van der Waals surface area (Å²) in [5, 5.41) is 2.82. The van der Waals surface area contributed by atoms with E-state index >= 15 is 0 Å². The van der Waals surface area contributed by atoms with E-state index in [0.717, 1.165) is 5.56 Å². The van der Waals surface area contributed by atoms with E-state index in [4.69, 9.17) is 4.74 Å². The molecule has 1 amide bonds. The largest absolute Gasteiger partial charge is 0.486 e. The summed E-state index contributed by atoms with van der Waals surface area (Å²) in [7, 11) is 0. The van der Waals surface area contributed by atoms with E-state index in [2.05, 4.69) is 5.32 Å². The van der Waals surface area contributed by atoms with Gasteiger partial charge in [0.05, 0.1) is 0 Å². The molecule has 0 saturated carbocycles. The van der Waals surface area contributed by atoms with Gasteiger partial charge in [-0.05, 0) is 68.8 Å². The molecule has 0 aliphatic carbocycles. The summed E-state index contributed by atoms with van der Waals surface area (Å²) < 4.78 is 5.98. The van der Waals surface area contributed by atoms with Crippen LogP contribution in [-0.4, -0.2) is 17.5 Å². The van der Waals surface area contributed by atoms with Gasteiger partial charge in [-0.25, -0.2) is 0 Å². The predicted octanol–water partition coefficient (Wildman–Crippen LogP) is 5.48. The van der Waals surface area contributed by atoms with Gasteiger partial charge in [0.1, 0.15) is 11.9 Å². The molecule has 0 aliphatic heterocycles. The second-order valence-electron chi connectivity index (χ2n) is 7.05. The molecule has 3 aromatic carbocycles. The van der Waals surface area contributed by atoms with Crippen molar-refractivity contribution in [2.75, 3.05) is 5.32 Å². The van der Waals surface area contributed by atoms with Crippen LogP contribution < -0.4 is 10.1 Å². The molecule has 0 aromatic heterocycles. The van der Waals surface area contributed by atoms with Gasteiger partial charge in [0.25, 0.3) is 5.91 Å². The minimum atomic E-state index is -0.269. The van der Waals surface area contributed by atoms with E-state index in [-0.39, 0.29) is 23.6 Å². The van der Waals surface area contributed by atoms with E-state index in [1.54, 1.807) is 60.7 Å². The number of carbonyl (C=O) groups excluding carboxylic acids is 3. The minimum absolute atomic E-state index is 0.0183. The van der Waals surface area contributed by atoms with E-state index < -0.39 is 0 Å². The Balaban J connectivity index is 1.68. The molecular formula is C25H23NO4. The van der Waals surface area contributed by atoms with Gasteiger partial charge in [-0.1, -0.05) is 30.3 Å². The standard InChI is InChI=1S/C25H23NO4/c1-16(27)19-7-9-21(10-8-19)18(3)30-24-6-4-5-22(15-24)25(29)26-23-13-11-20(12-14-23)17(2)28/h4-15,18H,1-3H3,(H,26,29)/t18-/m0/s1. The van der Waals surface area contributed by atoms with Crippen LogP contribution in [0.4, 0.5) is 5.69 Å². The summed E-state index contributed by atoms with van der Waals surface area (Å²) in [4.78, 5) is 35.3. The van der Waals surface area contributed by atoms with Gasteiger partial charge in [0.15, 0.2) is 11.6 Å². The highest BCUT2D eigenvalue weighted by Gasteiger charge is 2.12. The number of hydrogen-bond donors (Lipinski definition) is 1. The van der Waals surface area contributed by atoms with Crippen LogP contribution in [0, 0.1) is 0 Å². The van der Waals surface area contributed by atoms with Crippen molar-refractivity contribution in [2.24, 2.45) is 0 Å². The molecule has 152 valence electrons. The Morgan fingerprint density at radius 3 is 1.90 bits per heavy atom. The average molecular weight is 401 g/mol. The summed E-state index contributed by atoms with van der Waals surface area (Å²) in [6, 6.07) is 21.0. The molecular weight excluding hydrogens is 378 g/mol. The zero-order valence-electron chi connectivity index (χ0n) is 17.1. The lowest BCUT2D eigenvalue weighted by molar-refractivity contribution is 0.100. The first-order chi connectivity index (χ1) is 14.3. The molecule has 5 heteroatoms. The van der Waals surface area contributed by atoms with E-state index in [1.165, 1.54) is 13.8 Å². The number of ether oxygens (including phenoxy) is 1. The molecule has 0 aliphatic rings. The molecule has 0 spiro atoms. The van der Waals surface area contributed by atoms with Crippen molar-refractivity contribution in [3.8, 4) is 5.75 Å². The van der Waals surface area contributed by atoms with Crippen molar-refractivity contribution >= 4 is 23.2 Å². The van der Waals surface area contributed by atoms with Crippen LogP contribution >= 0.6 is 0 Å². The SMILES string of the molecule is CC(=O)c1ccc(NC(=O)c2cccc(O[C@@H](C)c3ccc(C(C)=O)cc3)c2)cc1. The lowest BCUT2D eigenvalue weighted by Crippen LogP contribution is -2.12. The van der Waals surface area contributed by atoms with Gasteiger partial charge in [-0.3, -0.25) is 14.4 Å².